The molecular weight excluding hydrogens is 290 g/mol. The van der Waals surface area contributed by atoms with Gasteiger partial charge in [-0.25, -0.2) is 0 Å². The molecule has 2 N–H and O–H groups in total. The standard InChI is InChI=1S/C19H21NO3/c1-3-12-23-18-7-5-4-6-15(18)9-11-19(22)20-16-13-14(2)8-10-17(16)21/h4-11,13,21H,3,12H2,1-2H3,(H,20,22)/b11-9+. The van der Waals surface area contributed by atoms with Crippen LogP contribution in [-0.4, -0.2) is 17.6 Å². The van der Waals surface area contributed by atoms with E-state index in [0.717, 1.165) is 23.3 Å². The number of nitrogens with one attached hydrogen (secondary N) is 1. The number of para-hydroxylation sites is 1. The Hall–Kier alpha value is -2.75. The van der Waals surface area contributed by atoms with Gasteiger partial charge in [0.2, 0.25) is 5.91 Å². The minimum absolute atomic E-state index is 0.0454. The van der Waals surface area contributed by atoms with Crippen LogP contribution < -0.4 is 10.1 Å². The molecule has 0 bridgehead atoms. The van der Waals surface area contributed by atoms with Crippen molar-refractivity contribution < 1.29 is 14.6 Å². The van der Waals surface area contributed by atoms with Gasteiger partial charge in [-0.1, -0.05) is 31.2 Å². The molecule has 120 valence electrons. The fourth-order valence-corrected chi connectivity index (χ4v) is 2.05. The largest absolute Gasteiger partial charge is 0.506 e. The van der Waals surface area contributed by atoms with E-state index >= 15 is 0 Å². The van der Waals surface area contributed by atoms with Gasteiger partial charge in [-0.2, -0.15) is 0 Å². The number of rotatable bonds is 6. The van der Waals surface area contributed by atoms with Gasteiger partial charge in [0, 0.05) is 11.6 Å². The van der Waals surface area contributed by atoms with Crippen molar-refractivity contribution in [1.29, 1.82) is 0 Å². The third kappa shape index (κ3) is 4.88. The maximum absolute atomic E-state index is 12.0. The Labute approximate surface area is 136 Å². The Kier molecular flexibility index (Phi) is 5.80. The lowest BCUT2D eigenvalue weighted by Crippen LogP contribution is -2.08. The molecule has 0 radical (unpaired) electrons. The molecule has 0 heterocycles. The first-order chi connectivity index (χ1) is 11.1. The second-order valence-corrected chi connectivity index (χ2v) is 5.23. The van der Waals surface area contributed by atoms with Crippen LogP contribution in [0.3, 0.4) is 0 Å². The molecule has 0 unspecified atom stereocenters. The molecule has 0 aromatic heterocycles. The second-order valence-electron chi connectivity index (χ2n) is 5.23. The van der Waals surface area contributed by atoms with Crippen LogP contribution in [0.1, 0.15) is 24.5 Å². The minimum Gasteiger partial charge on any atom is -0.506 e. The maximum Gasteiger partial charge on any atom is 0.248 e. The summed E-state index contributed by atoms with van der Waals surface area (Å²) in [6.45, 7) is 4.57. The summed E-state index contributed by atoms with van der Waals surface area (Å²) in [6, 6.07) is 12.6. The molecule has 4 heteroatoms. The number of hydrogen-bond donors (Lipinski definition) is 2. The van der Waals surface area contributed by atoms with Gasteiger partial charge in [0.05, 0.1) is 12.3 Å². The van der Waals surface area contributed by atoms with E-state index in [4.69, 9.17) is 4.74 Å². The smallest absolute Gasteiger partial charge is 0.248 e. The van der Waals surface area contributed by atoms with Crippen LogP contribution in [-0.2, 0) is 4.79 Å². The van der Waals surface area contributed by atoms with Gasteiger partial charge in [-0.05, 0) is 43.2 Å². The topological polar surface area (TPSA) is 58.6 Å². The molecule has 2 aromatic carbocycles. The summed E-state index contributed by atoms with van der Waals surface area (Å²) in [4.78, 5) is 12.0. The van der Waals surface area contributed by atoms with Gasteiger partial charge in [-0.15, -0.1) is 0 Å². The first-order valence-corrected chi connectivity index (χ1v) is 7.60. The van der Waals surface area contributed by atoms with E-state index in [2.05, 4.69) is 5.32 Å². The maximum atomic E-state index is 12.0. The summed E-state index contributed by atoms with van der Waals surface area (Å²) in [5.41, 5.74) is 2.19. The number of anilines is 1. The highest BCUT2D eigenvalue weighted by molar-refractivity contribution is 6.02. The summed E-state index contributed by atoms with van der Waals surface area (Å²) in [7, 11) is 0. The summed E-state index contributed by atoms with van der Waals surface area (Å²) in [5.74, 6) is 0.483. The minimum atomic E-state index is -0.309. The molecule has 4 nitrogen and oxygen atoms in total. The zero-order valence-corrected chi connectivity index (χ0v) is 13.4. The highest BCUT2D eigenvalue weighted by Gasteiger charge is 2.05. The number of hydrogen-bond acceptors (Lipinski definition) is 3. The zero-order valence-electron chi connectivity index (χ0n) is 13.4. The summed E-state index contributed by atoms with van der Waals surface area (Å²) in [5, 5.41) is 12.4. The van der Waals surface area contributed by atoms with Crippen molar-refractivity contribution >= 4 is 17.7 Å². The Morgan fingerprint density at radius 2 is 2.04 bits per heavy atom. The van der Waals surface area contributed by atoms with Crippen LogP contribution in [0, 0.1) is 6.92 Å². The Bertz CT molecular complexity index is 708. The van der Waals surface area contributed by atoms with Crippen LogP contribution in [0.2, 0.25) is 0 Å². The lowest BCUT2D eigenvalue weighted by Gasteiger charge is -2.08. The van der Waals surface area contributed by atoms with E-state index in [9.17, 15) is 9.90 Å². The number of amides is 1. The second kappa shape index (κ2) is 8.03. The molecule has 1 amide bonds. The van der Waals surface area contributed by atoms with E-state index in [1.54, 1.807) is 24.3 Å². The Morgan fingerprint density at radius 1 is 1.26 bits per heavy atom. The highest BCUT2D eigenvalue weighted by Crippen LogP contribution is 2.24. The average molecular weight is 311 g/mol. The van der Waals surface area contributed by atoms with E-state index in [-0.39, 0.29) is 11.7 Å². The first-order valence-electron chi connectivity index (χ1n) is 7.60. The molecule has 0 aliphatic rings. The van der Waals surface area contributed by atoms with Crippen LogP contribution >= 0.6 is 0 Å². The lowest BCUT2D eigenvalue weighted by molar-refractivity contribution is -0.111. The number of aromatic hydroxyl groups is 1. The quantitative estimate of drug-likeness (QED) is 0.622. The van der Waals surface area contributed by atoms with Gasteiger partial charge < -0.3 is 15.2 Å². The number of carbonyl (C=O) groups excluding carboxylic acids is 1. The van der Waals surface area contributed by atoms with Crippen molar-refractivity contribution in [2.24, 2.45) is 0 Å². The van der Waals surface area contributed by atoms with E-state index in [1.165, 1.54) is 6.08 Å². The Balaban J connectivity index is 2.08. The molecule has 2 rings (SSSR count). The molecule has 0 spiro atoms. The molecule has 23 heavy (non-hydrogen) atoms. The molecule has 0 saturated carbocycles. The van der Waals surface area contributed by atoms with Gasteiger partial charge in [0.25, 0.3) is 0 Å². The van der Waals surface area contributed by atoms with E-state index in [1.807, 2.05) is 38.1 Å². The van der Waals surface area contributed by atoms with Gasteiger partial charge in [0.15, 0.2) is 0 Å². The third-order valence-corrected chi connectivity index (χ3v) is 3.20. The summed E-state index contributed by atoms with van der Waals surface area (Å²) < 4.78 is 5.65. The molecular formula is C19H21NO3. The number of aryl methyl sites for hydroxylation is 1. The summed E-state index contributed by atoms with van der Waals surface area (Å²) in [6.07, 6.45) is 4.05. The van der Waals surface area contributed by atoms with E-state index in [0.29, 0.717) is 12.3 Å². The molecule has 0 fully saturated rings. The number of phenols is 1. The Morgan fingerprint density at radius 3 is 2.83 bits per heavy atom. The van der Waals surface area contributed by atoms with Crippen molar-refractivity contribution in [1.82, 2.24) is 0 Å². The van der Waals surface area contributed by atoms with Crippen LogP contribution in [0.4, 0.5) is 5.69 Å². The van der Waals surface area contributed by atoms with Crippen molar-refractivity contribution in [3.05, 3.63) is 59.7 Å². The monoisotopic (exact) mass is 311 g/mol. The zero-order chi connectivity index (χ0) is 16.7. The highest BCUT2D eigenvalue weighted by atomic mass is 16.5. The van der Waals surface area contributed by atoms with Crippen molar-refractivity contribution in [3.63, 3.8) is 0 Å². The fraction of sp³-hybridized carbons (Fsp3) is 0.211. The molecule has 0 atom stereocenters. The third-order valence-electron chi connectivity index (χ3n) is 3.20. The predicted octanol–water partition coefficient (Wildman–Crippen LogP) is 4.14. The van der Waals surface area contributed by atoms with Gasteiger partial charge in [-0.3, -0.25) is 4.79 Å². The van der Waals surface area contributed by atoms with Gasteiger partial charge in [0.1, 0.15) is 11.5 Å². The van der Waals surface area contributed by atoms with Gasteiger partial charge >= 0.3 is 0 Å². The number of ether oxygens (including phenoxy) is 1. The molecule has 0 saturated heterocycles. The molecule has 2 aromatic rings. The summed E-state index contributed by atoms with van der Waals surface area (Å²) >= 11 is 0. The molecule has 0 aliphatic carbocycles. The van der Waals surface area contributed by atoms with Crippen molar-refractivity contribution in [2.75, 3.05) is 11.9 Å². The first kappa shape index (κ1) is 16.6. The predicted molar refractivity (Wildman–Crippen MR) is 92.7 cm³/mol. The van der Waals surface area contributed by atoms with Crippen LogP contribution in [0.5, 0.6) is 11.5 Å². The number of benzene rings is 2. The van der Waals surface area contributed by atoms with Crippen LogP contribution in [0.15, 0.2) is 48.5 Å². The van der Waals surface area contributed by atoms with Crippen LogP contribution in [0.25, 0.3) is 6.08 Å². The lowest BCUT2D eigenvalue weighted by atomic mass is 10.2. The fourth-order valence-electron chi connectivity index (χ4n) is 2.05. The SMILES string of the molecule is CCCOc1ccccc1/C=C/C(=O)Nc1cc(C)ccc1O. The number of phenolic OH excluding ortho intramolecular Hbond substituents is 1. The average Bonchev–Trinajstić information content (AvgIpc) is 2.55. The molecule has 0 aliphatic heterocycles. The van der Waals surface area contributed by atoms with Crippen molar-refractivity contribution in [3.8, 4) is 11.5 Å². The normalized spacial score (nSPS) is 10.7. The van der Waals surface area contributed by atoms with E-state index < -0.39 is 0 Å². The van der Waals surface area contributed by atoms with Crippen molar-refractivity contribution in [2.45, 2.75) is 20.3 Å². The number of carbonyl (C=O) groups is 1.